The molecule has 0 aromatic carbocycles. The first kappa shape index (κ1) is 10.5. The van der Waals surface area contributed by atoms with Gasteiger partial charge < -0.3 is 9.84 Å². The first-order chi connectivity index (χ1) is 6.04. The molecule has 13 heavy (non-hydrogen) atoms. The summed E-state index contributed by atoms with van der Waals surface area (Å²) in [6.07, 6.45) is 0.947. The molecule has 1 rings (SSSR count). The van der Waals surface area contributed by atoms with Crippen molar-refractivity contribution in [3.8, 4) is 0 Å². The van der Waals surface area contributed by atoms with E-state index in [1.54, 1.807) is 0 Å². The first-order valence-electron chi connectivity index (χ1n) is 4.82. The Morgan fingerprint density at radius 3 is 2.62 bits per heavy atom. The summed E-state index contributed by atoms with van der Waals surface area (Å²) >= 11 is 0. The Hall–Kier alpha value is -0.570. The van der Waals surface area contributed by atoms with Crippen molar-refractivity contribution in [2.45, 2.75) is 27.2 Å². The van der Waals surface area contributed by atoms with Gasteiger partial charge in [-0.2, -0.15) is 0 Å². The van der Waals surface area contributed by atoms with Gasteiger partial charge in [0.25, 0.3) is 0 Å². The third-order valence-electron chi connectivity index (χ3n) is 2.89. The molecule has 1 aliphatic carbocycles. The van der Waals surface area contributed by atoms with E-state index in [9.17, 15) is 4.79 Å². The van der Waals surface area contributed by atoms with Crippen LogP contribution in [0.5, 0.6) is 0 Å². The molecule has 0 spiro atoms. The van der Waals surface area contributed by atoms with E-state index in [0.29, 0.717) is 18.4 Å². The van der Waals surface area contributed by atoms with Gasteiger partial charge in [0.05, 0.1) is 12.0 Å². The van der Waals surface area contributed by atoms with Crippen molar-refractivity contribution in [1.29, 1.82) is 0 Å². The van der Waals surface area contributed by atoms with E-state index in [1.165, 1.54) is 0 Å². The zero-order chi connectivity index (χ0) is 10.1. The summed E-state index contributed by atoms with van der Waals surface area (Å²) in [4.78, 5) is 11.5. The van der Waals surface area contributed by atoms with E-state index in [1.807, 2.05) is 20.8 Å². The Morgan fingerprint density at radius 2 is 2.23 bits per heavy atom. The maximum atomic E-state index is 11.5. The predicted octanol–water partition coefficient (Wildman–Crippen LogP) is 1.20. The SMILES string of the molecule is CCOC(=O)C(C)(C)C1CC1CO. The summed E-state index contributed by atoms with van der Waals surface area (Å²) in [7, 11) is 0. The average Bonchev–Trinajstić information content (AvgIpc) is 2.83. The molecule has 1 fully saturated rings. The van der Waals surface area contributed by atoms with Gasteiger partial charge in [0.2, 0.25) is 0 Å². The third kappa shape index (κ3) is 2.02. The van der Waals surface area contributed by atoms with Gasteiger partial charge >= 0.3 is 5.97 Å². The molecule has 0 bridgehead atoms. The highest BCUT2D eigenvalue weighted by atomic mass is 16.5. The number of esters is 1. The van der Waals surface area contributed by atoms with Crippen molar-refractivity contribution in [1.82, 2.24) is 0 Å². The molecule has 2 atom stereocenters. The molecule has 0 radical (unpaired) electrons. The van der Waals surface area contributed by atoms with Crippen LogP contribution < -0.4 is 0 Å². The highest BCUT2D eigenvalue weighted by Crippen LogP contribution is 2.51. The van der Waals surface area contributed by atoms with Crippen LogP contribution in [0.15, 0.2) is 0 Å². The molecular weight excluding hydrogens is 168 g/mol. The molecule has 1 saturated carbocycles. The van der Waals surface area contributed by atoms with Crippen LogP contribution in [-0.2, 0) is 9.53 Å². The van der Waals surface area contributed by atoms with E-state index in [-0.39, 0.29) is 12.6 Å². The van der Waals surface area contributed by atoms with Crippen LogP contribution in [0.25, 0.3) is 0 Å². The second kappa shape index (κ2) is 3.66. The van der Waals surface area contributed by atoms with Gasteiger partial charge in [-0.1, -0.05) is 0 Å². The van der Waals surface area contributed by atoms with Crippen molar-refractivity contribution in [3.63, 3.8) is 0 Å². The summed E-state index contributed by atoms with van der Waals surface area (Å²) in [5.41, 5.74) is -0.427. The van der Waals surface area contributed by atoms with Gasteiger partial charge in [-0.3, -0.25) is 4.79 Å². The van der Waals surface area contributed by atoms with Crippen LogP contribution >= 0.6 is 0 Å². The molecule has 76 valence electrons. The molecule has 1 aliphatic rings. The fraction of sp³-hybridized carbons (Fsp3) is 0.900. The van der Waals surface area contributed by atoms with E-state index < -0.39 is 5.41 Å². The summed E-state index contributed by atoms with van der Waals surface area (Å²) < 4.78 is 4.98. The quantitative estimate of drug-likeness (QED) is 0.671. The number of carbonyl (C=O) groups excluding carboxylic acids is 1. The number of rotatable bonds is 4. The number of carbonyl (C=O) groups is 1. The van der Waals surface area contributed by atoms with Crippen LogP contribution in [0.1, 0.15) is 27.2 Å². The minimum absolute atomic E-state index is 0.143. The second-order valence-electron chi connectivity index (χ2n) is 4.23. The van der Waals surface area contributed by atoms with Crippen molar-refractivity contribution < 1.29 is 14.6 Å². The molecule has 0 aromatic heterocycles. The zero-order valence-electron chi connectivity index (χ0n) is 8.54. The zero-order valence-corrected chi connectivity index (χ0v) is 8.54. The lowest BCUT2D eigenvalue weighted by molar-refractivity contribution is -0.154. The molecule has 2 unspecified atom stereocenters. The Balaban J connectivity index is 2.51. The normalized spacial score (nSPS) is 27.1. The van der Waals surface area contributed by atoms with Crippen LogP contribution in [0.4, 0.5) is 0 Å². The first-order valence-corrected chi connectivity index (χ1v) is 4.82. The number of aliphatic hydroxyl groups is 1. The van der Waals surface area contributed by atoms with Crippen LogP contribution in [-0.4, -0.2) is 24.3 Å². The van der Waals surface area contributed by atoms with Crippen LogP contribution in [0.3, 0.4) is 0 Å². The van der Waals surface area contributed by atoms with Gasteiger partial charge in [0.15, 0.2) is 0 Å². The smallest absolute Gasteiger partial charge is 0.311 e. The lowest BCUT2D eigenvalue weighted by Crippen LogP contribution is -2.29. The van der Waals surface area contributed by atoms with Gasteiger partial charge in [-0.05, 0) is 39.0 Å². The van der Waals surface area contributed by atoms with Crippen molar-refractivity contribution >= 4 is 5.97 Å². The van der Waals surface area contributed by atoms with Crippen LogP contribution in [0.2, 0.25) is 0 Å². The fourth-order valence-corrected chi connectivity index (χ4v) is 1.80. The van der Waals surface area contributed by atoms with E-state index >= 15 is 0 Å². The highest BCUT2D eigenvalue weighted by Gasteiger charge is 2.51. The molecule has 3 heteroatoms. The minimum atomic E-state index is -0.427. The van der Waals surface area contributed by atoms with Crippen molar-refractivity contribution in [2.75, 3.05) is 13.2 Å². The Morgan fingerprint density at radius 1 is 1.62 bits per heavy atom. The molecule has 0 saturated heterocycles. The molecule has 0 aromatic rings. The molecule has 0 aliphatic heterocycles. The Kier molecular flexibility index (Phi) is 2.96. The highest BCUT2D eigenvalue weighted by molar-refractivity contribution is 5.76. The number of ether oxygens (including phenoxy) is 1. The molecule has 0 heterocycles. The largest absolute Gasteiger partial charge is 0.466 e. The van der Waals surface area contributed by atoms with Gasteiger partial charge in [-0.25, -0.2) is 0 Å². The van der Waals surface area contributed by atoms with Gasteiger partial charge in [0.1, 0.15) is 0 Å². The lowest BCUT2D eigenvalue weighted by atomic mass is 9.86. The molecule has 1 N–H and O–H groups in total. The number of hydrogen-bond donors (Lipinski definition) is 1. The lowest BCUT2D eigenvalue weighted by Gasteiger charge is -2.22. The Labute approximate surface area is 79.1 Å². The maximum absolute atomic E-state index is 11.5. The fourth-order valence-electron chi connectivity index (χ4n) is 1.80. The van der Waals surface area contributed by atoms with Gasteiger partial charge in [-0.15, -0.1) is 0 Å². The maximum Gasteiger partial charge on any atom is 0.311 e. The summed E-state index contributed by atoms with van der Waals surface area (Å²) in [5, 5.41) is 8.90. The van der Waals surface area contributed by atoms with Crippen molar-refractivity contribution in [3.05, 3.63) is 0 Å². The topological polar surface area (TPSA) is 46.5 Å². The molecular formula is C10H18O3. The molecule has 0 amide bonds. The third-order valence-corrected chi connectivity index (χ3v) is 2.89. The summed E-state index contributed by atoms with van der Waals surface area (Å²) in [6, 6.07) is 0. The van der Waals surface area contributed by atoms with Gasteiger partial charge in [0, 0.05) is 6.61 Å². The Bertz CT molecular complexity index is 198. The minimum Gasteiger partial charge on any atom is -0.466 e. The second-order valence-corrected chi connectivity index (χ2v) is 4.23. The van der Waals surface area contributed by atoms with E-state index in [0.717, 1.165) is 6.42 Å². The standard InChI is InChI=1S/C10H18O3/c1-4-13-9(12)10(2,3)8-5-7(8)6-11/h7-8,11H,4-6H2,1-3H3. The van der Waals surface area contributed by atoms with E-state index in [2.05, 4.69) is 0 Å². The average molecular weight is 186 g/mol. The number of hydrogen-bond acceptors (Lipinski definition) is 3. The predicted molar refractivity (Wildman–Crippen MR) is 49.1 cm³/mol. The summed E-state index contributed by atoms with van der Waals surface area (Å²) in [6.45, 7) is 6.22. The molecule has 3 nitrogen and oxygen atoms in total. The van der Waals surface area contributed by atoms with Crippen molar-refractivity contribution in [2.24, 2.45) is 17.3 Å². The van der Waals surface area contributed by atoms with Crippen LogP contribution in [0, 0.1) is 17.3 Å². The number of aliphatic hydroxyl groups excluding tert-OH is 1. The van der Waals surface area contributed by atoms with E-state index in [4.69, 9.17) is 9.84 Å². The summed E-state index contributed by atoms with van der Waals surface area (Å²) in [5.74, 6) is 0.465. The monoisotopic (exact) mass is 186 g/mol.